The Balaban J connectivity index is 1.78. The molecule has 7 nitrogen and oxygen atoms in total. The standard InChI is InChI=1S/C19H22N4O3/c1-26-19(25)14-8-4-5-9-15(14)22-18(24)16-12-17(21-13-20-16)23-10-6-2-3-7-11-23/h4-5,8-9,12-13H,2-3,6-7,10-11H2,1H3,(H,22,24). The Morgan fingerprint density at radius 3 is 2.54 bits per heavy atom. The largest absolute Gasteiger partial charge is 0.465 e. The second kappa shape index (κ2) is 8.42. The number of para-hydroxylation sites is 1. The van der Waals surface area contributed by atoms with Crippen LogP contribution in [0, 0.1) is 0 Å². The van der Waals surface area contributed by atoms with E-state index in [1.807, 2.05) is 0 Å². The van der Waals surface area contributed by atoms with Gasteiger partial charge in [-0.15, -0.1) is 0 Å². The fourth-order valence-corrected chi connectivity index (χ4v) is 3.01. The lowest BCUT2D eigenvalue weighted by atomic mass is 10.1. The highest BCUT2D eigenvalue weighted by Crippen LogP contribution is 2.19. The number of nitrogens with zero attached hydrogens (tertiary/aromatic N) is 3. The van der Waals surface area contributed by atoms with Crippen molar-refractivity contribution < 1.29 is 14.3 Å². The van der Waals surface area contributed by atoms with Crippen LogP contribution in [-0.4, -0.2) is 42.0 Å². The van der Waals surface area contributed by atoms with Gasteiger partial charge in [-0.25, -0.2) is 14.8 Å². The van der Waals surface area contributed by atoms with Crippen LogP contribution in [0.5, 0.6) is 0 Å². The van der Waals surface area contributed by atoms with Crippen molar-refractivity contribution in [3.05, 3.63) is 47.9 Å². The summed E-state index contributed by atoms with van der Waals surface area (Å²) in [5.41, 5.74) is 0.948. The molecule has 0 bridgehead atoms. The van der Waals surface area contributed by atoms with E-state index in [2.05, 4.69) is 20.2 Å². The van der Waals surface area contributed by atoms with Gasteiger partial charge in [0.15, 0.2) is 0 Å². The predicted molar refractivity (Wildman–Crippen MR) is 98.4 cm³/mol. The zero-order valence-electron chi connectivity index (χ0n) is 14.8. The maximum atomic E-state index is 12.6. The third-order valence-corrected chi connectivity index (χ3v) is 4.40. The summed E-state index contributed by atoms with van der Waals surface area (Å²) < 4.78 is 4.75. The monoisotopic (exact) mass is 354 g/mol. The summed E-state index contributed by atoms with van der Waals surface area (Å²) in [6.07, 6.45) is 6.09. The molecule has 7 heteroatoms. The lowest BCUT2D eigenvalue weighted by Gasteiger charge is -2.21. The van der Waals surface area contributed by atoms with Gasteiger partial charge in [0.05, 0.1) is 18.4 Å². The number of amides is 1. The molecule has 1 aliphatic rings. The normalized spacial score (nSPS) is 14.4. The zero-order valence-corrected chi connectivity index (χ0v) is 14.8. The summed E-state index contributed by atoms with van der Waals surface area (Å²) in [6, 6.07) is 8.40. The number of methoxy groups -OCH3 is 1. The number of benzene rings is 1. The van der Waals surface area contributed by atoms with E-state index in [0.29, 0.717) is 11.3 Å². The van der Waals surface area contributed by atoms with Crippen molar-refractivity contribution in [2.24, 2.45) is 0 Å². The predicted octanol–water partition coefficient (Wildman–Crippen LogP) is 2.90. The highest BCUT2D eigenvalue weighted by Gasteiger charge is 2.17. The number of rotatable bonds is 4. The molecule has 26 heavy (non-hydrogen) atoms. The van der Waals surface area contributed by atoms with Crippen LogP contribution in [0.15, 0.2) is 36.7 Å². The van der Waals surface area contributed by atoms with Gasteiger partial charge in [0, 0.05) is 19.2 Å². The minimum atomic E-state index is -0.506. The number of aromatic nitrogens is 2. The Morgan fingerprint density at radius 1 is 1.08 bits per heavy atom. The molecule has 0 aliphatic carbocycles. The van der Waals surface area contributed by atoms with Gasteiger partial charge in [0.25, 0.3) is 5.91 Å². The van der Waals surface area contributed by atoms with Gasteiger partial charge in [0.1, 0.15) is 17.8 Å². The van der Waals surface area contributed by atoms with Gasteiger partial charge < -0.3 is 15.0 Å². The third-order valence-electron chi connectivity index (χ3n) is 4.40. The van der Waals surface area contributed by atoms with Crippen LogP contribution in [0.1, 0.15) is 46.5 Å². The smallest absolute Gasteiger partial charge is 0.339 e. The molecular weight excluding hydrogens is 332 g/mol. The number of hydrogen-bond donors (Lipinski definition) is 1. The Hall–Kier alpha value is -2.96. The zero-order chi connectivity index (χ0) is 18.4. The molecule has 0 unspecified atom stereocenters. The van der Waals surface area contributed by atoms with Crippen LogP contribution in [-0.2, 0) is 4.74 Å². The Morgan fingerprint density at radius 2 is 1.81 bits per heavy atom. The van der Waals surface area contributed by atoms with Crippen molar-refractivity contribution >= 4 is 23.4 Å². The van der Waals surface area contributed by atoms with Crippen LogP contribution in [0.3, 0.4) is 0 Å². The molecule has 1 saturated heterocycles. The SMILES string of the molecule is COC(=O)c1ccccc1NC(=O)c1cc(N2CCCCCC2)ncn1. The summed E-state index contributed by atoms with van der Waals surface area (Å²) in [6.45, 7) is 1.87. The van der Waals surface area contributed by atoms with E-state index in [1.54, 1.807) is 30.3 Å². The van der Waals surface area contributed by atoms with Crippen LogP contribution >= 0.6 is 0 Å². The van der Waals surface area contributed by atoms with Crippen molar-refractivity contribution in [1.82, 2.24) is 9.97 Å². The Labute approximate surface area is 152 Å². The minimum Gasteiger partial charge on any atom is -0.465 e. The molecule has 2 heterocycles. The summed E-state index contributed by atoms with van der Waals surface area (Å²) in [7, 11) is 1.30. The minimum absolute atomic E-state index is 0.263. The number of nitrogens with one attached hydrogen (secondary N) is 1. The van der Waals surface area contributed by atoms with Gasteiger partial charge >= 0.3 is 5.97 Å². The fourth-order valence-electron chi connectivity index (χ4n) is 3.01. The second-order valence-corrected chi connectivity index (χ2v) is 6.15. The molecule has 2 aromatic rings. The van der Waals surface area contributed by atoms with Gasteiger partial charge in [-0.05, 0) is 25.0 Å². The van der Waals surface area contributed by atoms with Gasteiger partial charge in [0.2, 0.25) is 0 Å². The number of carbonyl (C=O) groups is 2. The van der Waals surface area contributed by atoms with Crippen LogP contribution in [0.25, 0.3) is 0 Å². The van der Waals surface area contributed by atoms with E-state index in [4.69, 9.17) is 4.74 Å². The lowest BCUT2D eigenvalue weighted by molar-refractivity contribution is 0.0602. The Bertz CT molecular complexity index is 786. The summed E-state index contributed by atoms with van der Waals surface area (Å²) in [4.78, 5) is 35.0. The van der Waals surface area contributed by atoms with Crippen LogP contribution in [0.2, 0.25) is 0 Å². The molecule has 136 valence electrons. The molecule has 0 spiro atoms. The second-order valence-electron chi connectivity index (χ2n) is 6.15. The van der Waals surface area contributed by atoms with Crippen molar-refractivity contribution in [1.29, 1.82) is 0 Å². The lowest BCUT2D eigenvalue weighted by Crippen LogP contribution is -2.26. The van der Waals surface area contributed by atoms with E-state index in [-0.39, 0.29) is 11.6 Å². The van der Waals surface area contributed by atoms with Gasteiger partial charge in [-0.1, -0.05) is 25.0 Å². The quantitative estimate of drug-likeness (QED) is 0.850. The van der Waals surface area contributed by atoms with E-state index in [1.165, 1.54) is 26.3 Å². The first kappa shape index (κ1) is 17.8. The topological polar surface area (TPSA) is 84.4 Å². The molecule has 1 amide bonds. The third kappa shape index (κ3) is 4.17. The van der Waals surface area contributed by atoms with Gasteiger partial charge in [-0.3, -0.25) is 4.79 Å². The number of carbonyl (C=O) groups excluding carboxylic acids is 2. The molecule has 0 atom stereocenters. The number of ether oxygens (including phenoxy) is 1. The van der Waals surface area contributed by atoms with E-state index < -0.39 is 5.97 Å². The number of hydrogen-bond acceptors (Lipinski definition) is 6. The molecule has 1 aromatic carbocycles. The first-order chi connectivity index (χ1) is 12.7. The summed E-state index contributed by atoms with van der Waals surface area (Å²) >= 11 is 0. The maximum absolute atomic E-state index is 12.6. The molecule has 1 N–H and O–H groups in total. The molecule has 0 saturated carbocycles. The summed E-state index contributed by atoms with van der Waals surface area (Å²) in [5.74, 6) is -0.137. The number of anilines is 2. The molecule has 3 rings (SSSR count). The van der Waals surface area contributed by atoms with Crippen molar-refractivity contribution in [2.75, 3.05) is 30.4 Å². The first-order valence-electron chi connectivity index (χ1n) is 8.74. The average molecular weight is 354 g/mol. The highest BCUT2D eigenvalue weighted by atomic mass is 16.5. The summed E-state index contributed by atoms with van der Waals surface area (Å²) in [5, 5.41) is 2.74. The van der Waals surface area contributed by atoms with Crippen LogP contribution < -0.4 is 10.2 Å². The molecule has 0 radical (unpaired) electrons. The van der Waals surface area contributed by atoms with E-state index >= 15 is 0 Å². The fraction of sp³-hybridized carbons (Fsp3) is 0.368. The molecule has 1 fully saturated rings. The molecule has 1 aliphatic heterocycles. The Kier molecular flexibility index (Phi) is 5.78. The first-order valence-corrected chi connectivity index (χ1v) is 8.74. The van der Waals surface area contributed by atoms with Gasteiger partial charge in [-0.2, -0.15) is 0 Å². The maximum Gasteiger partial charge on any atom is 0.339 e. The number of esters is 1. The van der Waals surface area contributed by atoms with E-state index in [9.17, 15) is 9.59 Å². The van der Waals surface area contributed by atoms with E-state index in [0.717, 1.165) is 31.7 Å². The average Bonchev–Trinajstić information content (AvgIpc) is 2.97. The molecule has 1 aromatic heterocycles. The van der Waals surface area contributed by atoms with Crippen molar-refractivity contribution in [2.45, 2.75) is 25.7 Å². The molecular formula is C19H22N4O3. The van der Waals surface area contributed by atoms with Crippen molar-refractivity contribution in [3.63, 3.8) is 0 Å². The van der Waals surface area contributed by atoms with Crippen molar-refractivity contribution in [3.8, 4) is 0 Å². The van der Waals surface area contributed by atoms with Crippen LogP contribution in [0.4, 0.5) is 11.5 Å². The highest BCUT2D eigenvalue weighted by molar-refractivity contribution is 6.07.